The summed E-state index contributed by atoms with van der Waals surface area (Å²) in [5.74, 6) is 1.42. The van der Waals surface area contributed by atoms with Crippen LogP contribution in [0.1, 0.15) is 175 Å². The number of hydrogen-bond acceptors (Lipinski definition) is 15. The maximum absolute atomic E-state index is 12.9. The van der Waals surface area contributed by atoms with Crippen LogP contribution < -0.4 is 5.46 Å². The van der Waals surface area contributed by atoms with Crippen molar-refractivity contribution >= 4 is 110 Å². The summed E-state index contributed by atoms with van der Waals surface area (Å²) in [4.78, 5) is 95.2. The maximum Gasteiger partial charge on any atom is 0.494 e. The largest absolute Gasteiger partial charge is 0.507 e. The average molecular weight is 1470 g/mol. The number of allylic oxidation sites excluding steroid dienone is 1. The summed E-state index contributed by atoms with van der Waals surface area (Å²) in [7, 11) is -0.530. The van der Waals surface area contributed by atoms with Crippen molar-refractivity contribution in [2.45, 2.75) is 151 Å². The van der Waals surface area contributed by atoms with E-state index in [1.807, 2.05) is 117 Å². The van der Waals surface area contributed by atoms with Gasteiger partial charge < -0.3 is 39.3 Å². The molecule has 3 saturated carbocycles. The number of ketones is 3. The van der Waals surface area contributed by atoms with E-state index in [0.717, 1.165) is 128 Å². The molecule has 1 saturated heterocycles. The first-order valence-electron chi connectivity index (χ1n) is 34.2. The number of amides is 3. The smallest absolute Gasteiger partial charge is 0.494 e. The second-order valence-electron chi connectivity index (χ2n) is 27.9. The Bertz CT molecular complexity index is 4450. The van der Waals surface area contributed by atoms with Crippen molar-refractivity contribution in [1.29, 1.82) is 0 Å². The van der Waals surface area contributed by atoms with Crippen LogP contribution >= 0.6 is 49.9 Å². The summed E-state index contributed by atoms with van der Waals surface area (Å²) in [6.07, 6.45) is 13.3. The van der Waals surface area contributed by atoms with E-state index in [-0.39, 0.29) is 46.4 Å². The molecule has 15 rings (SSSR count). The quantitative estimate of drug-likeness (QED) is 0.0452. The van der Waals surface area contributed by atoms with Crippen molar-refractivity contribution in [3.63, 3.8) is 0 Å². The maximum atomic E-state index is 12.9. The zero-order valence-corrected chi connectivity index (χ0v) is 62.1. The Balaban J connectivity index is 0.000000133. The molecule has 3 aromatic heterocycles. The molecular weight excluding hydrogens is 1380 g/mol. The molecule has 0 spiro atoms. The normalized spacial score (nSPS) is 16.9. The SMILES string of the molecule is CC(=O)c1cc(-c2cc3c(s2)CCN(C(=O)C2CC2)C3)cc(C)c1O.CC(=O)c1cc(B2OC(C)(C)C(C)(C)O2)cc(C)c1O.Cc1cc(-c2cc3c(s2)CCN(C(=O)C2CC2)C3)cc(C(=O)/C=C/c2ccccc2)c1O.O=C(C1CC1)N1CCc2sc(Br)cc2C1.O=Cc1ccccc1. The number of carbonyl (C=O) groups is 7. The number of thiophene rings is 3. The van der Waals surface area contributed by atoms with E-state index >= 15 is 0 Å². The third-order valence-electron chi connectivity index (χ3n) is 19.5. The summed E-state index contributed by atoms with van der Waals surface area (Å²) in [6.45, 7) is 20.9. The van der Waals surface area contributed by atoms with E-state index in [1.165, 1.54) is 55.0 Å². The fourth-order valence-electron chi connectivity index (χ4n) is 12.4. The van der Waals surface area contributed by atoms with Gasteiger partial charge in [-0.3, -0.25) is 33.6 Å². The number of phenolic OH excluding ortho intramolecular Hbond substituents is 3. The minimum Gasteiger partial charge on any atom is -0.507 e. The van der Waals surface area contributed by atoms with Gasteiger partial charge in [0.25, 0.3) is 0 Å². The molecule has 100 heavy (non-hydrogen) atoms. The Labute approximate surface area is 606 Å². The topological polar surface area (TPSA) is 208 Å². The Morgan fingerprint density at radius 3 is 1.30 bits per heavy atom. The van der Waals surface area contributed by atoms with Gasteiger partial charge in [-0.2, -0.15) is 0 Å². The highest BCUT2D eigenvalue weighted by Gasteiger charge is 2.52. The first-order chi connectivity index (χ1) is 47.6. The first-order valence-corrected chi connectivity index (χ1v) is 37.4. The lowest BCUT2D eigenvalue weighted by atomic mass is 9.77. The first kappa shape index (κ1) is 73.1. The third-order valence-corrected chi connectivity index (χ3v) is 23.8. The Kier molecular flexibility index (Phi) is 22.7. The molecule has 4 aliphatic heterocycles. The molecule has 5 aromatic carbocycles. The van der Waals surface area contributed by atoms with Crippen LogP contribution in [-0.2, 0) is 62.6 Å². The summed E-state index contributed by atoms with van der Waals surface area (Å²) < 4.78 is 13.1. The van der Waals surface area contributed by atoms with E-state index in [0.29, 0.717) is 70.1 Å². The molecule has 15 nitrogen and oxygen atoms in total. The van der Waals surface area contributed by atoms with Crippen LogP contribution in [0.3, 0.4) is 0 Å². The molecule has 7 heterocycles. The number of rotatable bonds is 12. The standard InChI is InChI=1S/C27H25NO3S.C20H21NO3S.C15H21BO4.C11H12BrNOS.C7H6O/c1-17-13-20(14-22(26(17)30)23(29)10-7-18-5-3-2-4-6-18)25-15-21-16-28(12-11-24(21)32-25)27(31)19-8-9-19;1-11-7-14(8-16(12(2)22)19(11)23)18-9-15-10-21(6-5-17(15)25-18)20(24)13-3-4-13;1-9-7-11(8-12(10(2)17)13(9)18)16-19-14(3,4)15(5,6)20-16;12-10-5-8-6-13(4-3-9(8)15-10)11(14)7-1-2-7;8-6-7-4-2-1-3-5-7/h2-7,10,13-15,19,30H,8-9,11-12,16H2,1H3;7-9,13,23H,3-6,10H2,1-2H3;7-8,18H,1-6H3;5,7H,1-4,6H2;1-6H/b10-7+;;;;. The van der Waals surface area contributed by atoms with Crippen LogP contribution in [0.15, 0.2) is 125 Å². The summed E-state index contributed by atoms with van der Waals surface area (Å²) in [6, 6.07) is 36.0. The lowest BCUT2D eigenvalue weighted by Crippen LogP contribution is -2.41. The molecule has 0 bridgehead atoms. The minimum absolute atomic E-state index is 0.0257. The van der Waals surface area contributed by atoms with E-state index in [1.54, 1.807) is 83.4 Å². The van der Waals surface area contributed by atoms with E-state index in [9.17, 15) is 48.9 Å². The van der Waals surface area contributed by atoms with Gasteiger partial charge in [-0.1, -0.05) is 72.8 Å². The highest BCUT2D eigenvalue weighted by Crippen LogP contribution is 2.43. The highest BCUT2D eigenvalue weighted by atomic mass is 79.9. The molecule has 7 aliphatic rings. The third kappa shape index (κ3) is 17.4. The Morgan fingerprint density at radius 2 is 0.890 bits per heavy atom. The van der Waals surface area contributed by atoms with Crippen LogP contribution in [0.25, 0.3) is 27.0 Å². The summed E-state index contributed by atoms with van der Waals surface area (Å²) in [5, 5.41) is 30.6. The van der Waals surface area contributed by atoms with Gasteiger partial charge in [0, 0.05) is 87.0 Å². The van der Waals surface area contributed by atoms with Crippen LogP contribution in [0.4, 0.5) is 0 Å². The number of phenols is 3. The van der Waals surface area contributed by atoms with Gasteiger partial charge in [0.05, 0.1) is 31.7 Å². The van der Waals surface area contributed by atoms with Crippen molar-refractivity contribution in [2.75, 3.05) is 19.6 Å². The van der Waals surface area contributed by atoms with E-state index in [2.05, 4.69) is 34.1 Å². The minimum atomic E-state index is -0.530. The fourth-order valence-corrected chi connectivity index (χ4v) is 16.5. The van der Waals surface area contributed by atoms with Gasteiger partial charge in [0.2, 0.25) is 17.7 Å². The number of halogens is 1. The number of fused-ring (bicyclic) bond motifs is 3. The average Bonchev–Trinajstić information content (AvgIpc) is 1.59. The molecule has 20 heteroatoms. The lowest BCUT2D eigenvalue weighted by Gasteiger charge is -2.32. The molecule has 8 aromatic rings. The second-order valence-corrected chi connectivity index (χ2v) is 32.7. The van der Waals surface area contributed by atoms with Crippen molar-refractivity contribution < 1.29 is 58.2 Å². The fraction of sp³-hybridized carbons (Fsp3) is 0.362. The second kappa shape index (κ2) is 31.0. The van der Waals surface area contributed by atoms with Crippen LogP contribution in [0.2, 0.25) is 0 Å². The van der Waals surface area contributed by atoms with E-state index in [4.69, 9.17) is 9.31 Å². The van der Waals surface area contributed by atoms with Crippen molar-refractivity contribution in [3.05, 3.63) is 201 Å². The zero-order valence-electron chi connectivity index (χ0n) is 58.1. The van der Waals surface area contributed by atoms with Crippen molar-refractivity contribution in [1.82, 2.24) is 14.7 Å². The number of Topliss-reactive ketones (excluding diaryl/α,β-unsaturated/α-hetero) is 2. The monoisotopic (exact) mass is 1470 g/mol. The lowest BCUT2D eigenvalue weighted by molar-refractivity contribution is -0.134. The summed E-state index contributed by atoms with van der Waals surface area (Å²) in [5.41, 5.74) is 10.2. The molecule has 3 N–H and O–H groups in total. The van der Waals surface area contributed by atoms with Gasteiger partial charge in [-0.15, -0.1) is 34.0 Å². The molecule has 4 fully saturated rings. The van der Waals surface area contributed by atoms with Crippen LogP contribution in [-0.4, -0.2) is 109 Å². The predicted octanol–water partition coefficient (Wildman–Crippen LogP) is 16.1. The molecule has 520 valence electrons. The highest BCUT2D eigenvalue weighted by molar-refractivity contribution is 9.11. The number of benzene rings is 5. The molecule has 3 amide bonds. The van der Waals surface area contributed by atoms with Crippen molar-refractivity contribution in [3.8, 4) is 38.1 Å². The molecule has 0 unspecified atom stereocenters. The Hall–Kier alpha value is -8.11. The molecule has 0 atom stereocenters. The van der Waals surface area contributed by atoms with Gasteiger partial charge in [-0.25, -0.2) is 0 Å². The summed E-state index contributed by atoms with van der Waals surface area (Å²) >= 11 is 8.77. The van der Waals surface area contributed by atoms with Crippen LogP contribution in [0.5, 0.6) is 17.2 Å². The van der Waals surface area contributed by atoms with Gasteiger partial charge in [0.15, 0.2) is 17.3 Å². The molecular formula is C80H85BBrN3O12S3. The number of aryl methyl sites for hydroxylation is 3. The number of aromatic hydroxyl groups is 3. The van der Waals surface area contributed by atoms with Crippen molar-refractivity contribution in [2.24, 2.45) is 17.8 Å². The van der Waals surface area contributed by atoms with E-state index < -0.39 is 18.3 Å². The van der Waals surface area contributed by atoms with Crippen LogP contribution in [0, 0.1) is 38.5 Å². The van der Waals surface area contributed by atoms with Gasteiger partial charge in [-0.05, 0) is 246 Å². The predicted molar refractivity (Wildman–Crippen MR) is 400 cm³/mol. The Morgan fingerprint density at radius 1 is 0.510 bits per heavy atom. The number of hydrogen-bond donors (Lipinski definition) is 3. The number of aldehydes is 1. The van der Waals surface area contributed by atoms with Gasteiger partial charge >= 0.3 is 7.12 Å². The number of nitrogens with zero attached hydrogens (tertiary/aromatic N) is 3. The van der Waals surface area contributed by atoms with Gasteiger partial charge in [0.1, 0.15) is 23.5 Å². The number of carbonyl (C=O) groups excluding carboxylic acids is 7. The zero-order chi connectivity index (χ0) is 71.5. The molecule has 0 radical (unpaired) electrons. The molecule has 3 aliphatic carbocycles.